The Morgan fingerprint density at radius 1 is 1.23 bits per heavy atom. The first-order valence-corrected chi connectivity index (χ1v) is 10.5. The van der Waals surface area contributed by atoms with E-state index in [9.17, 15) is 13.2 Å². The summed E-state index contributed by atoms with van der Waals surface area (Å²) in [5.74, 6) is 0.809. The average Bonchev–Trinajstić information content (AvgIpc) is 2.51. The predicted octanol–water partition coefficient (Wildman–Crippen LogP) is 3.12. The van der Waals surface area contributed by atoms with Gasteiger partial charge in [-0.1, -0.05) is 27.7 Å². The van der Waals surface area contributed by atoms with Crippen LogP contribution in [0.15, 0.2) is 23.1 Å². The first-order valence-electron chi connectivity index (χ1n) is 9.11. The summed E-state index contributed by atoms with van der Waals surface area (Å²) in [6.07, 6.45) is -0.188. The minimum absolute atomic E-state index is 0.0850. The smallest absolute Gasteiger partial charge is 0.243 e. The number of fused-ring (bicyclic) bond motifs is 1. The van der Waals surface area contributed by atoms with Gasteiger partial charge in [0.15, 0.2) is 0 Å². The van der Waals surface area contributed by atoms with Crippen LogP contribution in [0.3, 0.4) is 0 Å². The number of carbonyl (C=O) groups excluding carboxylic acids is 1. The highest BCUT2D eigenvalue weighted by Gasteiger charge is 2.30. The van der Waals surface area contributed by atoms with Crippen LogP contribution in [-0.4, -0.2) is 44.4 Å². The minimum Gasteiger partial charge on any atom is -0.487 e. The molecule has 1 atom stereocenters. The fourth-order valence-electron chi connectivity index (χ4n) is 3.11. The van der Waals surface area contributed by atoms with E-state index in [0.29, 0.717) is 31.1 Å². The predicted molar refractivity (Wildman–Crippen MR) is 103 cm³/mol. The minimum atomic E-state index is -3.63. The zero-order valence-corrected chi connectivity index (χ0v) is 17.3. The van der Waals surface area contributed by atoms with E-state index < -0.39 is 10.0 Å². The molecule has 1 unspecified atom stereocenters. The number of carbonyl (C=O) groups is 1. The van der Waals surface area contributed by atoms with Gasteiger partial charge < -0.3 is 9.64 Å². The van der Waals surface area contributed by atoms with Crippen molar-refractivity contribution in [1.29, 1.82) is 0 Å². The van der Waals surface area contributed by atoms with Crippen LogP contribution in [0.25, 0.3) is 0 Å². The Hall–Kier alpha value is -1.60. The standard InChI is InChI=1S/C19H30N2O4S/c1-13(2)10-20(11-14(3)4)26(23,24)17-7-8-18-19(9-17)25-15(5)12-21(18)16(6)22/h7-9,13-15H,10-12H2,1-6H3. The van der Waals surface area contributed by atoms with Crippen LogP contribution < -0.4 is 9.64 Å². The number of hydrogen-bond acceptors (Lipinski definition) is 4. The summed E-state index contributed by atoms with van der Waals surface area (Å²) in [7, 11) is -3.63. The number of ether oxygens (including phenoxy) is 1. The van der Waals surface area contributed by atoms with Gasteiger partial charge in [-0.2, -0.15) is 4.31 Å². The molecule has 0 bridgehead atoms. The second-order valence-electron chi connectivity index (χ2n) is 7.80. The third-order valence-electron chi connectivity index (χ3n) is 4.15. The molecule has 146 valence electrons. The fraction of sp³-hybridized carbons (Fsp3) is 0.632. The maximum atomic E-state index is 13.2. The Balaban J connectivity index is 2.44. The van der Waals surface area contributed by atoms with Gasteiger partial charge in [-0.3, -0.25) is 4.79 Å². The zero-order chi connectivity index (χ0) is 19.6. The van der Waals surface area contributed by atoms with E-state index in [-0.39, 0.29) is 28.7 Å². The molecule has 0 N–H and O–H groups in total. The van der Waals surface area contributed by atoms with Crippen molar-refractivity contribution in [2.24, 2.45) is 11.8 Å². The molecule has 1 aliphatic heterocycles. The third-order valence-corrected chi connectivity index (χ3v) is 5.97. The van der Waals surface area contributed by atoms with E-state index in [4.69, 9.17) is 4.74 Å². The summed E-state index contributed by atoms with van der Waals surface area (Å²) in [5, 5.41) is 0. The second-order valence-corrected chi connectivity index (χ2v) is 9.74. The number of anilines is 1. The van der Waals surface area contributed by atoms with Crippen LogP contribution in [0.4, 0.5) is 5.69 Å². The summed E-state index contributed by atoms with van der Waals surface area (Å²) in [5.41, 5.74) is 0.619. The largest absolute Gasteiger partial charge is 0.487 e. The van der Waals surface area contributed by atoms with Crippen LogP contribution in [0.2, 0.25) is 0 Å². The molecule has 1 aliphatic rings. The molecule has 7 heteroatoms. The van der Waals surface area contributed by atoms with Gasteiger partial charge >= 0.3 is 0 Å². The lowest BCUT2D eigenvalue weighted by Crippen LogP contribution is -2.41. The van der Waals surface area contributed by atoms with Gasteiger partial charge in [0.2, 0.25) is 15.9 Å². The Morgan fingerprint density at radius 3 is 2.31 bits per heavy atom. The average molecular weight is 383 g/mol. The molecule has 2 rings (SSSR count). The Labute approximate surface area is 157 Å². The van der Waals surface area contributed by atoms with Gasteiger partial charge in [0, 0.05) is 26.1 Å². The molecule has 0 aliphatic carbocycles. The Bertz CT molecular complexity index is 749. The number of benzene rings is 1. The van der Waals surface area contributed by atoms with Crippen LogP contribution in [-0.2, 0) is 14.8 Å². The van der Waals surface area contributed by atoms with Gasteiger partial charge in [-0.05, 0) is 30.9 Å². The third kappa shape index (κ3) is 4.57. The SMILES string of the molecule is CC(=O)N1CC(C)Oc2cc(S(=O)(=O)N(CC(C)C)CC(C)C)ccc21. The normalized spacial score (nSPS) is 17.6. The molecule has 0 saturated heterocycles. The van der Waals surface area contributed by atoms with Crippen LogP contribution >= 0.6 is 0 Å². The molecular formula is C19H30N2O4S. The molecule has 0 fully saturated rings. The van der Waals surface area contributed by atoms with Gasteiger partial charge in [0.05, 0.1) is 17.1 Å². The molecule has 1 heterocycles. The number of hydrogen-bond donors (Lipinski definition) is 0. The quantitative estimate of drug-likeness (QED) is 0.758. The number of sulfonamides is 1. The van der Waals surface area contributed by atoms with Crippen LogP contribution in [0.1, 0.15) is 41.5 Å². The highest BCUT2D eigenvalue weighted by Crippen LogP contribution is 2.36. The molecule has 0 radical (unpaired) electrons. The van der Waals surface area contributed by atoms with Gasteiger partial charge in [-0.15, -0.1) is 0 Å². The molecule has 1 amide bonds. The van der Waals surface area contributed by atoms with Gasteiger partial charge in [0.25, 0.3) is 0 Å². The monoisotopic (exact) mass is 382 g/mol. The van der Waals surface area contributed by atoms with Gasteiger partial charge in [0.1, 0.15) is 11.9 Å². The van der Waals surface area contributed by atoms with Crippen molar-refractivity contribution in [3.8, 4) is 5.75 Å². The van der Waals surface area contributed by atoms with Crippen molar-refractivity contribution in [1.82, 2.24) is 4.31 Å². The van der Waals surface area contributed by atoms with Crippen LogP contribution in [0, 0.1) is 11.8 Å². The molecule has 0 saturated carbocycles. The summed E-state index contributed by atoms with van der Waals surface area (Å²) in [6, 6.07) is 4.78. The Kier molecular flexibility index (Phi) is 6.34. The highest BCUT2D eigenvalue weighted by molar-refractivity contribution is 7.89. The molecule has 26 heavy (non-hydrogen) atoms. The maximum Gasteiger partial charge on any atom is 0.243 e. The van der Waals surface area contributed by atoms with E-state index in [1.165, 1.54) is 6.92 Å². The van der Waals surface area contributed by atoms with E-state index >= 15 is 0 Å². The molecule has 1 aromatic rings. The molecule has 1 aromatic carbocycles. The maximum absolute atomic E-state index is 13.2. The summed E-state index contributed by atoms with van der Waals surface area (Å²) in [6.45, 7) is 12.8. The number of amides is 1. The highest BCUT2D eigenvalue weighted by atomic mass is 32.2. The van der Waals surface area contributed by atoms with E-state index in [1.54, 1.807) is 27.4 Å². The molecule has 0 aromatic heterocycles. The van der Waals surface area contributed by atoms with Crippen molar-refractivity contribution in [2.45, 2.75) is 52.5 Å². The zero-order valence-electron chi connectivity index (χ0n) is 16.5. The first kappa shape index (κ1) is 20.7. The summed E-state index contributed by atoms with van der Waals surface area (Å²) >= 11 is 0. The lowest BCUT2D eigenvalue weighted by atomic mass is 10.2. The van der Waals surface area contributed by atoms with E-state index in [0.717, 1.165) is 0 Å². The summed E-state index contributed by atoms with van der Waals surface area (Å²) in [4.78, 5) is 13.7. The topological polar surface area (TPSA) is 66.9 Å². The second kappa shape index (κ2) is 7.96. The Morgan fingerprint density at radius 2 is 1.81 bits per heavy atom. The van der Waals surface area contributed by atoms with Crippen LogP contribution in [0.5, 0.6) is 5.75 Å². The lowest BCUT2D eigenvalue weighted by Gasteiger charge is -2.33. The van der Waals surface area contributed by atoms with Crippen molar-refractivity contribution in [3.63, 3.8) is 0 Å². The lowest BCUT2D eigenvalue weighted by molar-refractivity contribution is -0.117. The molecule has 6 nitrogen and oxygen atoms in total. The molecule has 0 spiro atoms. The number of rotatable bonds is 6. The first-order chi connectivity index (χ1) is 12.0. The van der Waals surface area contributed by atoms with Crippen molar-refractivity contribution in [3.05, 3.63) is 18.2 Å². The number of nitrogens with zero attached hydrogens (tertiary/aromatic N) is 2. The van der Waals surface area contributed by atoms with Crippen molar-refractivity contribution in [2.75, 3.05) is 24.5 Å². The fourth-order valence-corrected chi connectivity index (χ4v) is 4.90. The van der Waals surface area contributed by atoms with Crippen molar-refractivity contribution < 1.29 is 17.9 Å². The summed E-state index contributed by atoms with van der Waals surface area (Å²) < 4.78 is 33.7. The van der Waals surface area contributed by atoms with E-state index in [2.05, 4.69) is 0 Å². The molecular weight excluding hydrogens is 352 g/mol. The van der Waals surface area contributed by atoms with Gasteiger partial charge in [-0.25, -0.2) is 8.42 Å². The van der Waals surface area contributed by atoms with E-state index in [1.807, 2.05) is 34.6 Å². The van der Waals surface area contributed by atoms with Crippen molar-refractivity contribution >= 4 is 21.6 Å².